The first-order valence-electron chi connectivity index (χ1n) is 13.2. The zero-order valence-electron chi connectivity index (χ0n) is 23.0. The number of carboxylic acid groups (broad SMARTS) is 1. The van der Waals surface area contributed by atoms with Crippen molar-refractivity contribution in [3.8, 4) is 0 Å². The van der Waals surface area contributed by atoms with Crippen LogP contribution in [0.4, 0.5) is 0 Å². The molecule has 39 heavy (non-hydrogen) atoms. The van der Waals surface area contributed by atoms with E-state index < -0.39 is 32.7 Å². The van der Waals surface area contributed by atoms with Crippen molar-refractivity contribution < 1.29 is 23.1 Å². The van der Waals surface area contributed by atoms with Gasteiger partial charge in [0.1, 0.15) is 0 Å². The van der Waals surface area contributed by atoms with Crippen molar-refractivity contribution in [1.82, 2.24) is 9.62 Å². The molecule has 2 N–H and O–H groups in total. The van der Waals surface area contributed by atoms with Gasteiger partial charge in [-0.2, -0.15) is 4.31 Å². The highest BCUT2D eigenvalue weighted by molar-refractivity contribution is 7.89. The Morgan fingerprint density at radius 2 is 1.77 bits per heavy atom. The van der Waals surface area contributed by atoms with E-state index in [4.69, 9.17) is 23.2 Å². The van der Waals surface area contributed by atoms with Crippen molar-refractivity contribution in [3.63, 3.8) is 0 Å². The Hall–Kier alpha value is -2.13. The van der Waals surface area contributed by atoms with Crippen LogP contribution in [0, 0.1) is 11.3 Å². The number of carbonyl (C=O) groups excluding carboxylic acids is 1. The fraction of sp³-hybridized carbons (Fsp3) is 0.517. The molecule has 0 bridgehead atoms. The summed E-state index contributed by atoms with van der Waals surface area (Å²) in [6.07, 6.45) is 0.466. The number of aliphatic carboxylic acids is 1. The van der Waals surface area contributed by atoms with E-state index in [2.05, 4.69) is 5.32 Å². The molecule has 0 aromatic heterocycles. The average Bonchev–Trinajstić information content (AvgIpc) is 2.85. The monoisotopic (exact) mass is 596 g/mol. The molecule has 1 saturated heterocycles. The number of rotatable bonds is 11. The van der Waals surface area contributed by atoms with Crippen molar-refractivity contribution in [2.75, 3.05) is 6.54 Å². The molecule has 1 aliphatic heterocycles. The molecule has 0 saturated carbocycles. The molecule has 1 heterocycles. The second-order valence-corrected chi connectivity index (χ2v) is 14.4. The van der Waals surface area contributed by atoms with E-state index in [0.717, 1.165) is 11.1 Å². The van der Waals surface area contributed by atoms with E-state index in [-0.39, 0.29) is 36.8 Å². The number of amides is 1. The van der Waals surface area contributed by atoms with Crippen molar-refractivity contribution in [3.05, 3.63) is 69.7 Å². The van der Waals surface area contributed by atoms with Gasteiger partial charge in [0, 0.05) is 28.5 Å². The molecule has 7 nitrogen and oxygen atoms in total. The smallest absolute Gasteiger partial charge is 0.304 e. The van der Waals surface area contributed by atoms with Crippen LogP contribution in [0.15, 0.2) is 48.5 Å². The van der Waals surface area contributed by atoms with Gasteiger partial charge in [-0.1, -0.05) is 68.2 Å². The highest BCUT2D eigenvalue weighted by Crippen LogP contribution is 2.45. The van der Waals surface area contributed by atoms with Gasteiger partial charge in [-0.05, 0) is 68.0 Å². The molecule has 214 valence electrons. The van der Waals surface area contributed by atoms with Gasteiger partial charge in [0.05, 0.1) is 23.1 Å². The van der Waals surface area contributed by atoms with E-state index in [1.54, 1.807) is 39.0 Å². The minimum absolute atomic E-state index is 0.176. The first-order valence-corrected chi connectivity index (χ1v) is 15.5. The number of sulfonamides is 1. The Kier molecular flexibility index (Phi) is 10.1. The van der Waals surface area contributed by atoms with Crippen LogP contribution in [0.1, 0.15) is 77.0 Å². The van der Waals surface area contributed by atoms with Gasteiger partial charge in [-0.3, -0.25) is 9.59 Å². The molecule has 1 aliphatic rings. The SMILES string of the molecule is CCN(C(CC(C)C1NC(=O)C(C)(CC(=O)O)CC1c1cccc(Cl)c1)c1ccc(Cl)cc1)S(=O)(=O)C(C)C. The molecule has 1 fully saturated rings. The lowest BCUT2D eigenvalue weighted by molar-refractivity contribution is -0.147. The summed E-state index contributed by atoms with van der Waals surface area (Å²) >= 11 is 12.5. The lowest BCUT2D eigenvalue weighted by Gasteiger charge is -2.45. The Balaban J connectivity index is 2.05. The third-order valence-electron chi connectivity index (χ3n) is 7.81. The number of hydrogen-bond donors (Lipinski definition) is 2. The fourth-order valence-electron chi connectivity index (χ4n) is 5.67. The first kappa shape index (κ1) is 31.4. The van der Waals surface area contributed by atoms with Gasteiger partial charge < -0.3 is 10.4 Å². The standard InChI is InChI=1S/C29H38Cl2N2O5S/c1-6-33(39(37,38)18(2)3)25(20-10-12-22(30)13-11-20)14-19(4)27-24(21-8-7-9-23(31)15-21)16-29(5,17-26(34)35)28(36)32-27/h7-13,15,18-19,24-25,27H,6,14,16-17H2,1-5H3,(H,32,36)(H,34,35). The molecule has 0 spiro atoms. The van der Waals surface area contributed by atoms with E-state index in [1.165, 1.54) is 4.31 Å². The third kappa shape index (κ3) is 7.15. The van der Waals surface area contributed by atoms with Crippen LogP contribution in [-0.4, -0.2) is 47.5 Å². The summed E-state index contributed by atoms with van der Waals surface area (Å²) in [5.74, 6) is -1.75. The lowest BCUT2D eigenvalue weighted by atomic mass is 9.67. The van der Waals surface area contributed by atoms with E-state index >= 15 is 0 Å². The minimum atomic E-state index is -3.61. The maximum absolute atomic E-state index is 13.4. The predicted octanol–water partition coefficient (Wildman–Crippen LogP) is 6.27. The molecule has 10 heteroatoms. The molecule has 0 radical (unpaired) electrons. The normalized spacial score (nSPS) is 23.5. The fourth-order valence-corrected chi connectivity index (χ4v) is 7.46. The van der Waals surface area contributed by atoms with Gasteiger partial charge in [-0.15, -0.1) is 0 Å². The molecular weight excluding hydrogens is 559 g/mol. The van der Waals surface area contributed by atoms with Gasteiger partial charge >= 0.3 is 5.97 Å². The van der Waals surface area contributed by atoms with Gasteiger partial charge in [-0.25, -0.2) is 8.42 Å². The van der Waals surface area contributed by atoms with Crippen LogP contribution < -0.4 is 5.32 Å². The Morgan fingerprint density at radius 1 is 1.13 bits per heavy atom. The van der Waals surface area contributed by atoms with Crippen LogP contribution in [0.25, 0.3) is 0 Å². The zero-order chi connectivity index (χ0) is 29.1. The van der Waals surface area contributed by atoms with Crippen molar-refractivity contribution in [2.45, 2.75) is 77.1 Å². The number of hydrogen-bond acceptors (Lipinski definition) is 4. The van der Waals surface area contributed by atoms with E-state index in [1.807, 2.05) is 44.2 Å². The molecule has 5 unspecified atom stereocenters. The summed E-state index contributed by atoms with van der Waals surface area (Å²) in [4.78, 5) is 25.0. The number of carbonyl (C=O) groups is 2. The van der Waals surface area contributed by atoms with Gasteiger partial charge in [0.25, 0.3) is 0 Å². The van der Waals surface area contributed by atoms with E-state index in [9.17, 15) is 23.1 Å². The minimum Gasteiger partial charge on any atom is -0.481 e. The maximum Gasteiger partial charge on any atom is 0.304 e. The zero-order valence-corrected chi connectivity index (χ0v) is 25.4. The van der Waals surface area contributed by atoms with E-state index in [0.29, 0.717) is 22.9 Å². The highest BCUT2D eigenvalue weighted by atomic mass is 35.5. The second kappa shape index (κ2) is 12.6. The average molecular weight is 598 g/mol. The lowest BCUT2D eigenvalue weighted by Crippen LogP contribution is -2.56. The number of benzene rings is 2. The Bertz CT molecular complexity index is 1280. The quantitative estimate of drug-likeness (QED) is 0.318. The number of halogens is 2. The summed E-state index contributed by atoms with van der Waals surface area (Å²) in [6, 6.07) is 13.7. The molecule has 2 aromatic carbocycles. The van der Waals surface area contributed by atoms with Crippen LogP contribution in [0.3, 0.4) is 0 Å². The third-order valence-corrected chi connectivity index (χ3v) is 10.7. The maximum atomic E-state index is 13.4. The Morgan fingerprint density at radius 3 is 2.31 bits per heavy atom. The van der Waals surface area contributed by atoms with Crippen LogP contribution >= 0.6 is 23.2 Å². The van der Waals surface area contributed by atoms with Crippen LogP contribution in [0.5, 0.6) is 0 Å². The largest absolute Gasteiger partial charge is 0.481 e. The summed E-state index contributed by atoms with van der Waals surface area (Å²) in [7, 11) is -3.61. The number of nitrogens with one attached hydrogen (secondary N) is 1. The molecule has 0 aliphatic carbocycles. The van der Waals surface area contributed by atoms with Crippen molar-refractivity contribution in [1.29, 1.82) is 0 Å². The predicted molar refractivity (Wildman–Crippen MR) is 156 cm³/mol. The van der Waals surface area contributed by atoms with Gasteiger partial charge in [0.15, 0.2) is 0 Å². The van der Waals surface area contributed by atoms with Crippen LogP contribution in [0.2, 0.25) is 10.0 Å². The molecule has 3 rings (SSSR count). The number of piperidine rings is 1. The van der Waals surface area contributed by atoms with Crippen LogP contribution in [-0.2, 0) is 19.6 Å². The molecule has 2 aromatic rings. The topological polar surface area (TPSA) is 104 Å². The molecular formula is C29H38Cl2N2O5S. The van der Waals surface area contributed by atoms with Gasteiger partial charge in [0.2, 0.25) is 15.9 Å². The molecule has 5 atom stereocenters. The number of carboxylic acids is 1. The summed E-state index contributed by atoms with van der Waals surface area (Å²) in [5.41, 5.74) is 0.622. The summed E-state index contributed by atoms with van der Waals surface area (Å²) in [6.45, 7) is 9.12. The second-order valence-electron chi connectivity index (χ2n) is 11.1. The summed E-state index contributed by atoms with van der Waals surface area (Å²) in [5, 5.41) is 13.2. The summed E-state index contributed by atoms with van der Waals surface area (Å²) < 4.78 is 28.4. The van der Waals surface area contributed by atoms with Crippen molar-refractivity contribution in [2.24, 2.45) is 11.3 Å². The molecule has 1 amide bonds. The highest BCUT2D eigenvalue weighted by Gasteiger charge is 2.48. The number of nitrogens with zero attached hydrogens (tertiary/aromatic N) is 1. The Labute approximate surface area is 241 Å². The van der Waals surface area contributed by atoms with Crippen molar-refractivity contribution >= 4 is 45.1 Å². The first-order chi connectivity index (χ1) is 18.2.